The zero-order valence-corrected chi connectivity index (χ0v) is 16.7. The van der Waals surface area contributed by atoms with Crippen LogP contribution in [0.4, 0.5) is 5.82 Å². The van der Waals surface area contributed by atoms with Crippen LogP contribution in [-0.4, -0.2) is 47.3 Å². The van der Waals surface area contributed by atoms with Crippen molar-refractivity contribution in [2.45, 2.75) is 28.2 Å². The first-order chi connectivity index (χ1) is 14.5. The van der Waals surface area contributed by atoms with Crippen LogP contribution in [0.3, 0.4) is 0 Å². The molecule has 0 aromatic carbocycles. The fraction of sp³-hybridized carbons (Fsp3) is 0.300. The highest BCUT2D eigenvalue weighted by molar-refractivity contribution is 7.91. The van der Waals surface area contributed by atoms with Crippen LogP contribution in [-0.2, 0) is 19.4 Å². The van der Waals surface area contributed by atoms with Crippen molar-refractivity contribution >= 4 is 21.6 Å². The maximum atomic E-state index is 12.8. The zero-order chi connectivity index (χ0) is 20.7. The predicted octanol–water partition coefficient (Wildman–Crippen LogP) is 1.82. The number of pyridine rings is 2. The van der Waals surface area contributed by atoms with E-state index in [-0.39, 0.29) is 33.6 Å². The Morgan fingerprint density at radius 1 is 1.13 bits per heavy atom. The summed E-state index contributed by atoms with van der Waals surface area (Å²) in [5.41, 5.74) is 1.04. The second kappa shape index (κ2) is 7.29. The van der Waals surface area contributed by atoms with Gasteiger partial charge in [-0.1, -0.05) is 6.07 Å². The van der Waals surface area contributed by atoms with Crippen molar-refractivity contribution in [2.24, 2.45) is 5.92 Å². The number of carbonyl (C=O) groups is 1. The summed E-state index contributed by atoms with van der Waals surface area (Å²) in [6.45, 7) is 1.06. The molecule has 3 aromatic rings. The minimum atomic E-state index is -3.74. The molecule has 1 N–H and O–H groups in total. The number of ether oxygens (including phenoxy) is 1. The molecule has 1 saturated carbocycles. The standard InChI is InChI=1S/C20H19N5O4S/c26-20(18-6-17(18)13-2-1-5-21-7-13)24-19-4-3-15(8-22-19)30(27,28)16-9-23-25(10-16)14-11-29-12-14/h1-5,7-10,14,17-18H,6,11-12H2,(H,22,24,26). The van der Waals surface area contributed by atoms with Gasteiger partial charge in [0, 0.05) is 30.7 Å². The Morgan fingerprint density at radius 2 is 2.00 bits per heavy atom. The van der Waals surface area contributed by atoms with Gasteiger partial charge in [0.25, 0.3) is 0 Å². The van der Waals surface area contributed by atoms with Crippen LogP contribution in [0.25, 0.3) is 0 Å². The van der Waals surface area contributed by atoms with Gasteiger partial charge in [-0.2, -0.15) is 5.10 Å². The summed E-state index contributed by atoms with van der Waals surface area (Å²) in [5, 5.41) is 6.88. The largest absolute Gasteiger partial charge is 0.377 e. The fourth-order valence-electron chi connectivity index (χ4n) is 3.45. The Hall–Kier alpha value is -3.11. The molecule has 2 aliphatic rings. The lowest BCUT2D eigenvalue weighted by Gasteiger charge is -2.25. The Morgan fingerprint density at radius 3 is 2.67 bits per heavy atom. The molecule has 0 radical (unpaired) electrons. The van der Waals surface area contributed by atoms with E-state index in [1.54, 1.807) is 17.1 Å². The number of nitrogens with zero attached hydrogens (tertiary/aromatic N) is 4. The number of anilines is 1. The lowest BCUT2D eigenvalue weighted by Crippen LogP contribution is -2.30. The fourth-order valence-corrected chi connectivity index (χ4v) is 4.60. The summed E-state index contributed by atoms with van der Waals surface area (Å²) in [5.74, 6) is 0.228. The third-order valence-corrected chi connectivity index (χ3v) is 7.11. The van der Waals surface area contributed by atoms with E-state index in [4.69, 9.17) is 4.74 Å². The molecule has 4 heterocycles. The molecule has 2 atom stereocenters. The SMILES string of the molecule is O=C(Nc1ccc(S(=O)(=O)c2cnn(C3COC3)c2)cn1)C1CC1c1cccnc1. The molecule has 10 heteroatoms. The van der Waals surface area contributed by atoms with Crippen LogP contribution in [0.15, 0.2) is 65.0 Å². The number of carbonyl (C=O) groups excluding carboxylic acids is 1. The second-order valence-corrected chi connectivity index (χ2v) is 9.40. The van der Waals surface area contributed by atoms with E-state index in [1.807, 2.05) is 12.1 Å². The van der Waals surface area contributed by atoms with E-state index in [0.717, 1.165) is 12.0 Å². The van der Waals surface area contributed by atoms with Crippen molar-refractivity contribution in [1.82, 2.24) is 19.7 Å². The van der Waals surface area contributed by atoms with E-state index in [2.05, 4.69) is 20.4 Å². The highest BCUT2D eigenvalue weighted by Crippen LogP contribution is 2.47. The molecule has 1 aliphatic heterocycles. The van der Waals surface area contributed by atoms with E-state index in [1.165, 1.54) is 30.7 Å². The van der Waals surface area contributed by atoms with Crippen LogP contribution in [0.5, 0.6) is 0 Å². The Kier molecular flexibility index (Phi) is 4.59. The molecular weight excluding hydrogens is 406 g/mol. The molecule has 3 aromatic heterocycles. The summed E-state index contributed by atoms with van der Waals surface area (Å²) in [7, 11) is -3.74. The van der Waals surface area contributed by atoms with Gasteiger partial charge in [-0.15, -0.1) is 0 Å². The van der Waals surface area contributed by atoms with Gasteiger partial charge in [0.1, 0.15) is 10.7 Å². The highest BCUT2D eigenvalue weighted by atomic mass is 32.2. The van der Waals surface area contributed by atoms with Gasteiger partial charge < -0.3 is 10.1 Å². The molecule has 1 saturated heterocycles. The topological polar surface area (TPSA) is 116 Å². The van der Waals surface area contributed by atoms with E-state index in [9.17, 15) is 13.2 Å². The Balaban J connectivity index is 1.25. The molecule has 154 valence electrons. The van der Waals surface area contributed by atoms with E-state index < -0.39 is 9.84 Å². The predicted molar refractivity (Wildman–Crippen MR) is 105 cm³/mol. The third-order valence-electron chi connectivity index (χ3n) is 5.42. The average Bonchev–Trinajstić information content (AvgIpc) is 3.38. The van der Waals surface area contributed by atoms with Crippen molar-refractivity contribution in [3.8, 4) is 0 Å². The number of hydrogen-bond donors (Lipinski definition) is 1. The van der Waals surface area contributed by atoms with Crippen molar-refractivity contribution in [1.29, 1.82) is 0 Å². The van der Waals surface area contributed by atoms with Crippen molar-refractivity contribution in [3.63, 3.8) is 0 Å². The van der Waals surface area contributed by atoms with E-state index >= 15 is 0 Å². The van der Waals surface area contributed by atoms with Crippen LogP contribution < -0.4 is 5.32 Å². The molecule has 1 amide bonds. The van der Waals surface area contributed by atoms with Gasteiger partial charge in [-0.25, -0.2) is 13.4 Å². The molecular formula is C20H19N5O4S. The van der Waals surface area contributed by atoms with Gasteiger partial charge in [-0.05, 0) is 36.1 Å². The second-order valence-electron chi connectivity index (χ2n) is 7.45. The van der Waals surface area contributed by atoms with Crippen molar-refractivity contribution in [3.05, 3.63) is 60.8 Å². The molecule has 2 unspecified atom stereocenters. The molecule has 2 fully saturated rings. The Labute approximate surface area is 173 Å². The molecule has 30 heavy (non-hydrogen) atoms. The lowest BCUT2D eigenvalue weighted by molar-refractivity contribution is -0.117. The molecule has 5 rings (SSSR count). The van der Waals surface area contributed by atoms with Gasteiger partial charge in [0.15, 0.2) is 0 Å². The molecule has 9 nitrogen and oxygen atoms in total. The maximum Gasteiger partial charge on any atom is 0.229 e. The van der Waals surface area contributed by atoms with Crippen LogP contribution in [0.2, 0.25) is 0 Å². The lowest BCUT2D eigenvalue weighted by atomic mass is 10.1. The Bertz CT molecular complexity index is 1170. The first-order valence-electron chi connectivity index (χ1n) is 9.56. The van der Waals surface area contributed by atoms with E-state index in [0.29, 0.717) is 19.0 Å². The smallest absolute Gasteiger partial charge is 0.229 e. The summed E-state index contributed by atoms with van der Waals surface area (Å²) >= 11 is 0. The summed E-state index contributed by atoms with van der Waals surface area (Å²) < 4.78 is 32.3. The number of aromatic nitrogens is 4. The number of nitrogens with one attached hydrogen (secondary N) is 1. The van der Waals surface area contributed by atoms with Gasteiger partial charge in [-0.3, -0.25) is 14.5 Å². The normalized spacial score (nSPS) is 21.1. The maximum absolute atomic E-state index is 12.8. The first-order valence-corrected chi connectivity index (χ1v) is 11.0. The number of rotatable bonds is 6. The van der Waals surface area contributed by atoms with Crippen LogP contribution in [0, 0.1) is 5.92 Å². The van der Waals surface area contributed by atoms with Crippen molar-refractivity contribution in [2.75, 3.05) is 18.5 Å². The van der Waals surface area contributed by atoms with Gasteiger partial charge in [0.2, 0.25) is 15.7 Å². The third kappa shape index (κ3) is 3.48. The monoisotopic (exact) mass is 425 g/mol. The van der Waals surface area contributed by atoms with Crippen molar-refractivity contribution < 1.29 is 17.9 Å². The molecule has 0 spiro atoms. The number of sulfone groups is 1. The van der Waals surface area contributed by atoms with Gasteiger partial charge in [0.05, 0.1) is 30.3 Å². The quantitative estimate of drug-likeness (QED) is 0.640. The molecule has 0 bridgehead atoms. The van der Waals surface area contributed by atoms with Crippen LogP contribution in [0.1, 0.15) is 23.9 Å². The highest BCUT2D eigenvalue weighted by Gasteiger charge is 2.44. The zero-order valence-electron chi connectivity index (χ0n) is 15.9. The summed E-state index contributed by atoms with van der Waals surface area (Å²) in [6.07, 6.45) is 8.32. The van der Waals surface area contributed by atoms with Crippen LogP contribution >= 0.6 is 0 Å². The molecule has 1 aliphatic carbocycles. The average molecular weight is 425 g/mol. The minimum Gasteiger partial charge on any atom is -0.377 e. The number of hydrogen-bond acceptors (Lipinski definition) is 7. The summed E-state index contributed by atoms with van der Waals surface area (Å²) in [6, 6.07) is 6.82. The first kappa shape index (κ1) is 18.9. The number of amides is 1. The minimum absolute atomic E-state index is 0.0459. The summed E-state index contributed by atoms with van der Waals surface area (Å²) in [4.78, 5) is 20.8. The van der Waals surface area contributed by atoms with Gasteiger partial charge >= 0.3 is 0 Å².